The van der Waals surface area contributed by atoms with E-state index in [-0.39, 0.29) is 0 Å². The maximum atomic E-state index is 6.12. The highest BCUT2D eigenvalue weighted by Crippen LogP contribution is 2.36. The molecule has 3 rings (SSSR count). The number of pyridine rings is 1. The molecule has 0 unspecified atom stereocenters. The van der Waals surface area contributed by atoms with Crippen molar-refractivity contribution in [2.75, 3.05) is 5.32 Å². The molecular weight excluding hydrogens is 304 g/mol. The van der Waals surface area contributed by atoms with Gasteiger partial charge in [0.1, 0.15) is 18.2 Å². The van der Waals surface area contributed by atoms with Crippen LogP contribution in [0.4, 0.5) is 11.5 Å². The van der Waals surface area contributed by atoms with Crippen molar-refractivity contribution in [2.45, 2.75) is 6.61 Å². The predicted octanol–water partition coefficient (Wildman–Crippen LogP) is 4.13. The molecule has 1 aliphatic rings. The number of benzene rings is 1. The Bertz CT molecular complexity index is 589. The minimum Gasteiger partial charge on any atom is -0.486 e. The lowest BCUT2D eigenvalue weighted by molar-refractivity contribution is 0.310. The number of nitrogens with zero attached hydrogens (tertiary/aromatic N) is 1. The minimum atomic E-state index is 0.415. The van der Waals surface area contributed by atoms with E-state index in [1.807, 2.05) is 18.2 Å². The van der Waals surface area contributed by atoms with E-state index in [4.69, 9.17) is 16.3 Å². The summed E-state index contributed by atoms with van der Waals surface area (Å²) in [5, 5.41) is 3.89. The zero-order valence-corrected chi connectivity index (χ0v) is 11.0. The van der Waals surface area contributed by atoms with E-state index in [2.05, 4.69) is 26.2 Å². The average molecular weight is 312 g/mol. The number of ether oxygens (including phenoxy) is 1. The van der Waals surface area contributed by atoms with Crippen molar-refractivity contribution in [1.82, 2.24) is 4.98 Å². The second-order valence-corrected chi connectivity index (χ2v) is 5.00. The second kappa shape index (κ2) is 4.20. The first-order valence-electron chi connectivity index (χ1n) is 5.07. The summed E-state index contributed by atoms with van der Waals surface area (Å²) in [6, 6.07) is 7.57. The smallest absolute Gasteiger partial charge is 0.144 e. The number of anilines is 2. The molecule has 86 valence electrons. The Hall–Kier alpha value is -1.26. The van der Waals surface area contributed by atoms with E-state index >= 15 is 0 Å². The fourth-order valence-electron chi connectivity index (χ4n) is 1.71. The van der Waals surface area contributed by atoms with Gasteiger partial charge in [-0.05, 0) is 24.3 Å². The Labute approximate surface area is 112 Å². The molecule has 0 spiro atoms. The van der Waals surface area contributed by atoms with Crippen molar-refractivity contribution in [3.05, 3.63) is 45.5 Å². The molecule has 0 bridgehead atoms. The molecule has 0 saturated carbocycles. The van der Waals surface area contributed by atoms with Crippen molar-refractivity contribution in [2.24, 2.45) is 0 Å². The van der Waals surface area contributed by atoms with Crippen molar-refractivity contribution in [3.8, 4) is 5.75 Å². The number of hydrogen-bond acceptors (Lipinski definition) is 3. The van der Waals surface area contributed by atoms with Gasteiger partial charge in [0.05, 0.1) is 16.3 Å². The van der Waals surface area contributed by atoms with Gasteiger partial charge in [0.25, 0.3) is 0 Å². The molecule has 0 aliphatic carbocycles. The second-order valence-electron chi connectivity index (χ2n) is 3.67. The monoisotopic (exact) mass is 310 g/mol. The summed E-state index contributed by atoms with van der Waals surface area (Å²) >= 11 is 9.54. The molecule has 0 saturated heterocycles. The first kappa shape index (κ1) is 10.9. The zero-order valence-electron chi connectivity index (χ0n) is 8.71. The highest BCUT2D eigenvalue weighted by Gasteiger charge is 2.16. The molecule has 0 radical (unpaired) electrons. The van der Waals surface area contributed by atoms with E-state index in [1.165, 1.54) is 0 Å². The van der Waals surface area contributed by atoms with Gasteiger partial charge in [-0.25, -0.2) is 4.98 Å². The van der Waals surface area contributed by atoms with Crippen LogP contribution in [0.2, 0.25) is 5.02 Å². The molecule has 17 heavy (non-hydrogen) atoms. The van der Waals surface area contributed by atoms with Crippen molar-refractivity contribution in [3.63, 3.8) is 0 Å². The highest BCUT2D eigenvalue weighted by atomic mass is 79.9. The van der Waals surface area contributed by atoms with Gasteiger partial charge in [0.15, 0.2) is 0 Å². The standard InChI is InChI=1S/C12H8BrClN2O/c13-7-1-2-10-11(5-7)17-6-8-9(14)3-4-15-12(8)16-10/h1-5H,6H2,(H,15,16). The van der Waals surface area contributed by atoms with Gasteiger partial charge >= 0.3 is 0 Å². The van der Waals surface area contributed by atoms with Crippen molar-refractivity contribution >= 4 is 39.0 Å². The molecule has 1 aliphatic heterocycles. The molecule has 1 aromatic heterocycles. The Balaban J connectivity index is 2.10. The summed E-state index contributed by atoms with van der Waals surface area (Å²) in [5.41, 5.74) is 1.77. The maximum absolute atomic E-state index is 6.12. The molecule has 3 nitrogen and oxygen atoms in total. The van der Waals surface area contributed by atoms with Crippen molar-refractivity contribution in [1.29, 1.82) is 0 Å². The molecule has 2 aromatic rings. The van der Waals surface area contributed by atoms with Crippen LogP contribution in [-0.2, 0) is 6.61 Å². The number of fused-ring (bicyclic) bond motifs is 2. The third kappa shape index (κ3) is 1.98. The summed E-state index contributed by atoms with van der Waals surface area (Å²) in [6.07, 6.45) is 1.68. The lowest BCUT2D eigenvalue weighted by Gasteiger charge is -2.07. The summed E-state index contributed by atoms with van der Waals surface area (Å²) < 4.78 is 6.69. The van der Waals surface area contributed by atoms with Gasteiger partial charge in [-0.1, -0.05) is 27.5 Å². The molecule has 2 heterocycles. The zero-order chi connectivity index (χ0) is 11.8. The van der Waals surface area contributed by atoms with Crippen LogP contribution in [0.3, 0.4) is 0 Å². The Morgan fingerprint density at radius 2 is 2.24 bits per heavy atom. The Morgan fingerprint density at radius 3 is 3.12 bits per heavy atom. The number of hydrogen-bond donors (Lipinski definition) is 1. The fourth-order valence-corrected chi connectivity index (χ4v) is 2.25. The van der Waals surface area contributed by atoms with Crippen LogP contribution in [0.5, 0.6) is 5.75 Å². The Morgan fingerprint density at radius 1 is 1.35 bits per heavy atom. The topological polar surface area (TPSA) is 34.1 Å². The van der Waals surface area contributed by atoms with Gasteiger partial charge in [-0.3, -0.25) is 0 Å². The molecule has 5 heteroatoms. The average Bonchev–Trinajstić information content (AvgIpc) is 2.49. The predicted molar refractivity (Wildman–Crippen MR) is 71.0 cm³/mol. The third-order valence-corrected chi connectivity index (χ3v) is 3.41. The summed E-state index contributed by atoms with van der Waals surface area (Å²) in [6.45, 7) is 0.415. The molecule has 0 amide bonds. The number of nitrogens with one attached hydrogen (secondary N) is 1. The molecular formula is C12H8BrClN2O. The number of halogens is 2. The summed E-state index contributed by atoms with van der Waals surface area (Å²) in [7, 11) is 0. The first-order valence-corrected chi connectivity index (χ1v) is 6.24. The van der Waals surface area contributed by atoms with Crippen LogP contribution in [0, 0.1) is 0 Å². The highest BCUT2D eigenvalue weighted by molar-refractivity contribution is 9.10. The van der Waals surface area contributed by atoms with Gasteiger partial charge in [0, 0.05) is 10.7 Å². The van der Waals surface area contributed by atoms with Crippen LogP contribution in [-0.4, -0.2) is 4.98 Å². The number of aromatic nitrogens is 1. The fraction of sp³-hybridized carbons (Fsp3) is 0.0833. The maximum Gasteiger partial charge on any atom is 0.144 e. The quantitative estimate of drug-likeness (QED) is 0.794. The van der Waals surface area contributed by atoms with Gasteiger partial charge in [-0.15, -0.1) is 0 Å². The van der Waals surface area contributed by atoms with Crippen LogP contribution in [0.15, 0.2) is 34.9 Å². The Kier molecular flexibility index (Phi) is 2.68. The molecule has 0 fully saturated rings. The van der Waals surface area contributed by atoms with Gasteiger partial charge < -0.3 is 10.1 Å². The van der Waals surface area contributed by atoms with Crippen molar-refractivity contribution < 1.29 is 4.74 Å². The van der Waals surface area contributed by atoms with E-state index in [0.717, 1.165) is 27.3 Å². The molecule has 0 atom stereocenters. The van der Waals surface area contributed by atoms with E-state index in [1.54, 1.807) is 12.3 Å². The van der Waals surface area contributed by atoms with Crippen LogP contribution < -0.4 is 10.1 Å². The summed E-state index contributed by atoms with van der Waals surface area (Å²) in [4.78, 5) is 4.27. The third-order valence-electron chi connectivity index (χ3n) is 2.57. The first-order chi connectivity index (χ1) is 8.24. The molecule has 1 N–H and O–H groups in total. The van der Waals surface area contributed by atoms with Crippen LogP contribution in [0.1, 0.15) is 5.56 Å². The minimum absolute atomic E-state index is 0.415. The van der Waals surface area contributed by atoms with E-state index in [0.29, 0.717) is 11.6 Å². The lowest BCUT2D eigenvalue weighted by atomic mass is 10.2. The van der Waals surface area contributed by atoms with E-state index < -0.39 is 0 Å². The van der Waals surface area contributed by atoms with E-state index in [9.17, 15) is 0 Å². The van der Waals surface area contributed by atoms with Crippen LogP contribution in [0.25, 0.3) is 0 Å². The lowest BCUT2D eigenvalue weighted by Crippen LogP contribution is -1.97. The van der Waals surface area contributed by atoms with Crippen LogP contribution >= 0.6 is 27.5 Å². The number of rotatable bonds is 0. The summed E-state index contributed by atoms with van der Waals surface area (Å²) in [5.74, 6) is 1.53. The largest absolute Gasteiger partial charge is 0.486 e. The van der Waals surface area contributed by atoms with Gasteiger partial charge in [-0.2, -0.15) is 0 Å². The van der Waals surface area contributed by atoms with Gasteiger partial charge in [0.2, 0.25) is 0 Å². The molecule has 1 aromatic carbocycles. The SMILES string of the molecule is Clc1ccnc2c1COc1cc(Br)ccc1N2. The normalized spacial score (nSPS) is 12.8.